The van der Waals surface area contributed by atoms with E-state index in [1.54, 1.807) is 0 Å². The Morgan fingerprint density at radius 1 is 1.10 bits per heavy atom. The van der Waals surface area contributed by atoms with E-state index in [1.165, 1.54) is 5.56 Å². The first-order valence-corrected chi connectivity index (χ1v) is 6.69. The molecule has 0 aliphatic carbocycles. The molecule has 2 rings (SSSR count). The van der Waals surface area contributed by atoms with Crippen molar-refractivity contribution < 1.29 is 9.53 Å². The van der Waals surface area contributed by atoms with Crippen LogP contribution in [-0.4, -0.2) is 12.5 Å². The first-order chi connectivity index (χ1) is 9.66. The molecule has 0 radical (unpaired) electrons. The smallest absolute Gasteiger partial charge is 0.258 e. The Labute approximate surface area is 119 Å². The Bertz CT molecular complexity index is 566. The third kappa shape index (κ3) is 3.85. The van der Waals surface area contributed by atoms with Crippen molar-refractivity contribution in [1.29, 1.82) is 0 Å². The van der Waals surface area contributed by atoms with Crippen LogP contribution >= 0.6 is 0 Å². The predicted octanol–water partition coefficient (Wildman–Crippen LogP) is 3.25. The summed E-state index contributed by atoms with van der Waals surface area (Å²) in [4.78, 5) is 11.9. The molecule has 1 N–H and O–H groups in total. The van der Waals surface area contributed by atoms with Gasteiger partial charge in [0.2, 0.25) is 0 Å². The highest BCUT2D eigenvalue weighted by Gasteiger charge is 2.11. The molecule has 0 aliphatic rings. The summed E-state index contributed by atoms with van der Waals surface area (Å²) >= 11 is 0. The summed E-state index contributed by atoms with van der Waals surface area (Å²) in [5.41, 5.74) is 2.30. The van der Waals surface area contributed by atoms with Gasteiger partial charge in [-0.2, -0.15) is 0 Å². The van der Waals surface area contributed by atoms with E-state index >= 15 is 0 Å². The van der Waals surface area contributed by atoms with Crippen molar-refractivity contribution in [2.75, 3.05) is 6.61 Å². The first-order valence-electron chi connectivity index (χ1n) is 6.69. The Kier molecular flexibility index (Phi) is 4.77. The summed E-state index contributed by atoms with van der Waals surface area (Å²) in [7, 11) is 0. The molecule has 3 heteroatoms. The Morgan fingerprint density at radius 3 is 2.45 bits per heavy atom. The van der Waals surface area contributed by atoms with Crippen LogP contribution in [0.4, 0.5) is 0 Å². The number of rotatable bonds is 5. The van der Waals surface area contributed by atoms with Crippen LogP contribution in [0.15, 0.2) is 54.6 Å². The van der Waals surface area contributed by atoms with Gasteiger partial charge in [-0.3, -0.25) is 4.79 Å². The number of amides is 1. The summed E-state index contributed by atoms with van der Waals surface area (Å²) in [6, 6.07) is 17.3. The molecule has 1 amide bonds. The molecule has 0 spiro atoms. The van der Waals surface area contributed by atoms with Crippen molar-refractivity contribution in [3.8, 4) is 5.75 Å². The van der Waals surface area contributed by atoms with Gasteiger partial charge in [0.25, 0.3) is 5.91 Å². The lowest BCUT2D eigenvalue weighted by Gasteiger charge is -2.16. The molecule has 0 aliphatic heterocycles. The van der Waals surface area contributed by atoms with Gasteiger partial charge in [0.1, 0.15) is 5.75 Å². The van der Waals surface area contributed by atoms with E-state index in [2.05, 4.69) is 5.32 Å². The van der Waals surface area contributed by atoms with Crippen molar-refractivity contribution >= 4 is 5.91 Å². The number of hydrogen-bond acceptors (Lipinski definition) is 2. The van der Waals surface area contributed by atoms with Crippen LogP contribution in [0, 0.1) is 6.92 Å². The second kappa shape index (κ2) is 6.75. The summed E-state index contributed by atoms with van der Waals surface area (Å²) in [5, 5.41) is 2.94. The minimum atomic E-state index is -0.121. The first kappa shape index (κ1) is 14.1. The highest BCUT2D eigenvalue weighted by atomic mass is 16.5. The molecule has 1 atom stereocenters. The number of ether oxygens (including phenoxy) is 1. The largest absolute Gasteiger partial charge is 0.484 e. The van der Waals surface area contributed by atoms with Gasteiger partial charge in [0.15, 0.2) is 6.61 Å². The van der Waals surface area contributed by atoms with Crippen LogP contribution < -0.4 is 10.1 Å². The van der Waals surface area contributed by atoms with Gasteiger partial charge in [-0.05, 0) is 37.1 Å². The standard InChI is InChI=1S/C17H19NO2/c1-13-8-6-7-11-16(13)14(2)18-17(19)12-20-15-9-4-3-5-10-15/h3-11,14H,12H2,1-2H3,(H,18,19). The van der Waals surface area contributed by atoms with Crippen molar-refractivity contribution in [2.45, 2.75) is 19.9 Å². The molecule has 0 bridgehead atoms. The topological polar surface area (TPSA) is 38.3 Å². The van der Waals surface area contributed by atoms with Gasteiger partial charge in [0, 0.05) is 0 Å². The van der Waals surface area contributed by atoms with Gasteiger partial charge in [-0.1, -0.05) is 42.5 Å². The Balaban J connectivity index is 1.87. The second-order valence-corrected chi connectivity index (χ2v) is 4.75. The molecule has 0 saturated carbocycles. The number of para-hydroxylation sites is 1. The van der Waals surface area contributed by atoms with Gasteiger partial charge < -0.3 is 10.1 Å². The van der Waals surface area contributed by atoms with E-state index in [9.17, 15) is 4.79 Å². The van der Waals surface area contributed by atoms with E-state index < -0.39 is 0 Å². The molecule has 2 aromatic carbocycles. The van der Waals surface area contributed by atoms with Crippen LogP contribution in [0.2, 0.25) is 0 Å². The molecule has 104 valence electrons. The maximum Gasteiger partial charge on any atom is 0.258 e. The number of nitrogens with one attached hydrogen (secondary N) is 1. The minimum absolute atomic E-state index is 0.0249. The maximum absolute atomic E-state index is 11.9. The highest BCUT2D eigenvalue weighted by Crippen LogP contribution is 2.16. The molecule has 0 fully saturated rings. The lowest BCUT2D eigenvalue weighted by molar-refractivity contribution is -0.123. The molecule has 20 heavy (non-hydrogen) atoms. The lowest BCUT2D eigenvalue weighted by atomic mass is 10.0. The number of carbonyl (C=O) groups is 1. The fourth-order valence-electron chi connectivity index (χ4n) is 2.10. The normalized spacial score (nSPS) is 11.7. The number of benzene rings is 2. The van der Waals surface area contributed by atoms with Gasteiger partial charge in [-0.15, -0.1) is 0 Å². The van der Waals surface area contributed by atoms with Crippen LogP contribution in [0.1, 0.15) is 24.1 Å². The summed E-state index contributed by atoms with van der Waals surface area (Å²) in [6.45, 7) is 4.04. The van der Waals surface area contributed by atoms with Crippen LogP contribution in [0.25, 0.3) is 0 Å². The van der Waals surface area contributed by atoms with Crippen LogP contribution in [0.3, 0.4) is 0 Å². The third-order valence-corrected chi connectivity index (χ3v) is 3.15. The Morgan fingerprint density at radius 2 is 1.75 bits per heavy atom. The van der Waals surface area contributed by atoms with Crippen LogP contribution in [-0.2, 0) is 4.79 Å². The van der Waals surface area contributed by atoms with E-state index in [4.69, 9.17) is 4.74 Å². The van der Waals surface area contributed by atoms with Gasteiger partial charge >= 0.3 is 0 Å². The lowest BCUT2D eigenvalue weighted by Crippen LogP contribution is -2.31. The van der Waals surface area contributed by atoms with Crippen molar-refractivity contribution in [1.82, 2.24) is 5.32 Å². The summed E-state index contributed by atoms with van der Waals surface area (Å²) in [6.07, 6.45) is 0. The van der Waals surface area contributed by atoms with E-state index in [-0.39, 0.29) is 18.6 Å². The van der Waals surface area contributed by atoms with Crippen molar-refractivity contribution in [2.24, 2.45) is 0 Å². The molecule has 2 aromatic rings. The summed E-state index contributed by atoms with van der Waals surface area (Å²) in [5.74, 6) is 0.579. The quantitative estimate of drug-likeness (QED) is 0.904. The van der Waals surface area contributed by atoms with Gasteiger partial charge in [0.05, 0.1) is 6.04 Å². The third-order valence-electron chi connectivity index (χ3n) is 3.15. The summed E-state index contributed by atoms with van der Waals surface area (Å²) < 4.78 is 5.42. The highest BCUT2D eigenvalue weighted by molar-refractivity contribution is 5.78. The van der Waals surface area contributed by atoms with E-state index in [0.717, 1.165) is 5.56 Å². The molecule has 0 saturated heterocycles. The average molecular weight is 269 g/mol. The van der Waals surface area contributed by atoms with E-state index in [1.807, 2.05) is 68.4 Å². The molecule has 0 aromatic heterocycles. The molecule has 1 unspecified atom stereocenters. The van der Waals surface area contributed by atoms with Gasteiger partial charge in [-0.25, -0.2) is 0 Å². The molecule has 0 heterocycles. The minimum Gasteiger partial charge on any atom is -0.484 e. The number of hydrogen-bond donors (Lipinski definition) is 1. The fraction of sp³-hybridized carbons (Fsp3) is 0.235. The Hall–Kier alpha value is -2.29. The fourth-order valence-corrected chi connectivity index (χ4v) is 2.10. The van der Waals surface area contributed by atoms with Crippen molar-refractivity contribution in [3.05, 3.63) is 65.7 Å². The number of carbonyl (C=O) groups excluding carboxylic acids is 1. The second-order valence-electron chi connectivity index (χ2n) is 4.75. The maximum atomic E-state index is 11.9. The van der Waals surface area contributed by atoms with E-state index in [0.29, 0.717) is 5.75 Å². The van der Waals surface area contributed by atoms with Crippen LogP contribution in [0.5, 0.6) is 5.75 Å². The molecular formula is C17H19NO2. The SMILES string of the molecule is Cc1ccccc1C(C)NC(=O)COc1ccccc1. The zero-order chi connectivity index (χ0) is 14.4. The zero-order valence-corrected chi connectivity index (χ0v) is 11.8. The van der Waals surface area contributed by atoms with Crippen molar-refractivity contribution in [3.63, 3.8) is 0 Å². The molecular weight excluding hydrogens is 250 g/mol. The average Bonchev–Trinajstić information content (AvgIpc) is 2.46. The molecule has 3 nitrogen and oxygen atoms in total. The predicted molar refractivity (Wildman–Crippen MR) is 79.7 cm³/mol. The zero-order valence-electron chi connectivity index (χ0n) is 11.8. The monoisotopic (exact) mass is 269 g/mol. The number of aryl methyl sites for hydroxylation is 1.